The molecule has 0 heterocycles. The normalized spacial score (nSPS) is 10.2. The Balaban J connectivity index is 2.18. The molecule has 2 aromatic carbocycles. The zero-order valence-corrected chi connectivity index (χ0v) is 12.1. The molecule has 0 saturated heterocycles. The minimum absolute atomic E-state index is 0.0754. The van der Waals surface area contributed by atoms with Crippen LogP contribution < -0.4 is 5.32 Å². The van der Waals surface area contributed by atoms with Gasteiger partial charge in [-0.2, -0.15) is 0 Å². The van der Waals surface area contributed by atoms with Gasteiger partial charge < -0.3 is 15.5 Å². The van der Waals surface area contributed by atoms with Gasteiger partial charge in [0.15, 0.2) is 0 Å². The lowest BCUT2D eigenvalue weighted by molar-refractivity contribution is 0.102. The minimum atomic E-state index is -0.304. The third-order valence-electron chi connectivity index (χ3n) is 2.58. The quantitative estimate of drug-likeness (QED) is 0.729. The van der Waals surface area contributed by atoms with E-state index >= 15 is 0 Å². The van der Waals surface area contributed by atoms with Crippen molar-refractivity contribution in [2.45, 2.75) is 6.61 Å². The lowest BCUT2D eigenvalue weighted by Gasteiger charge is -2.07. The maximum Gasteiger partial charge on any atom is 0.255 e. The number of carbonyl (C=O) groups excluding carboxylic acids is 1. The fourth-order valence-electron chi connectivity index (χ4n) is 1.60. The zero-order chi connectivity index (χ0) is 13.8. The predicted molar refractivity (Wildman–Crippen MR) is 81.1 cm³/mol. The van der Waals surface area contributed by atoms with E-state index in [0.717, 1.165) is 5.56 Å². The topological polar surface area (TPSA) is 69.6 Å². The second-order valence-corrected chi connectivity index (χ2v) is 5.14. The molecule has 0 aliphatic heterocycles. The van der Waals surface area contributed by atoms with Crippen LogP contribution in [0.15, 0.2) is 42.5 Å². The van der Waals surface area contributed by atoms with Gasteiger partial charge in [-0.05, 0) is 58.5 Å². The van der Waals surface area contributed by atoms with Crippen molar-refractivity contribution in [1.82, 2.24) is 0 Å². The van der Waals surface area contributed by atoms with Gasteiger partial charge in [0, 0.05) is 11.3 Å². The molecule has 0 fully saturated rings. The predicted octanol–water partition coefficient (Wildman–Crippen LogP) is 2.74. The number of phenolic OH excluding ortho intramolecular Hbond substituents is 1. The first-order chi connectivity index (χ1) is 9.10. The fourth-order valence-corrected chi connectivity index (χ4v) is 1.94. The van der Waals surface area contributed by atoms with Crippen LogP contribution in [0.4, 0.5) is 5.69 Å². The third kappa shape index (κ3) is 3.45. The number of aromatic hydroxyl groups is 1. The molecule has 0 aliphatic rings. The molecule has 0 saturated carbocycles. The van der Waals surface area contributed by atoms with Crippen molar-refractivity contribution in [1.29, 1.82) is 0 Å². The van der Waals surface area contributed by atoms with Crippen molar-refractivity contribution in [3.63, 3.8) is 0 Å². The fraction of sp³-hybridized carbons (Fsp3) is 0.0714. The molecular formula is C14H12INO3. The van der Waals surface area contributed by atoms with Crippen LogP contribution in [0.2, 0.25) is 0 Å². The molecule has 19 heavy (non-hydrogen) atoms. The number of hydrogen-bond acceptors (Lipinski definition) is 3. The highest BCUT2D eigenvalue weighted by Gasteiger charge is 2.08. The van der Waals surface area contributed by atoms with Crippen LogP contribution in [-0.2, 0) is 6.61 Å². The Kier molecular flexibility index (Phi) is 4.39. The summed E-state index contributed by atoms with van der Waals surface area (Å²) in [7, 11) is 0. The smallest absolute Gasteiger partial charge is 0.255 e. The summed E-state index contributed by atoms with van der Waals surface area (Å²) in [6.07, 6.45) is 0. The number of aliphatic hydroxyl groups is 1. The van der Waals surface area contributed by atoms with Crippen LogP contribution in [0, 0.1) is 3.57 Å². The van der Waals surface area contributed by atoms with E-state index in [-0.39, 0.29) is 18.3 Å². The van der Waals surface area contributed by atoms with E-state index in [1.807, 2.05) is 22.6 Å². The van der Waals surface area contributed by atoms with Crippen molar-refractivity contribution >= 4 is 34.2 Å². The highest BCUT2D eigenvalue weighted by molar-refractivity contribution is 14.1. The zero-order valence-electron chi connectivity index (χ0n) is 9.93. The Morgan fingerprint density at radius 1 is 1.21 bits per heavy atom. The van der Waals surface area contributed by atoms with E-state index in [1.54, 1.807) is 36.4 Å². The lowest BCUT2D eigenvalue weighted by Crippen LogP contribution is -2.12. The second-order valence-electron chi connectivity index (χ2n) is 3.98. The van der Waals surface area contributed by atoms with E-state index in [0.29, 0.717) is 14.8 Å². The Hall–Kier alpha value is -1.60. The summed E-state index contributed by atoms with van der Waals surface area (Å²) in [5.74, 6) is -0.223. The number of phenols is 1. The molecule has 0 aliphatic carbocycles. The highest BCUT2D eigenvalue weighted by Crippen LogP contribution is 2.21. The molecule has 3 N–H and O–H groups in total. The van der Waals surface area contributed by atoms with Crippen LogP contribution in [-0.4, -0.2) is 16.1 Å². The van der Waals surface area contributed by atoms with Crippen LogP contribution >= 0.6 is 22.6 Å². The number of halogens is 1. The second kappa shape index (κ2) is 6.03. The Labute approximate surface area is 124 Å². The summed E-state index contributed by atoms with van der Waals surface area (Å²) >= 11 is 1.99. The van der Waals surface area contributed by atoms with E-state index in [1.165, 1.54) is 6.07 Å². The van der Waals surface area contributed by atoms with Crippen molar-refractivity contribution in [3.8, 4) is 5.75 Å². The molecule has 1 amide bonds. The van der Waals surface area contributed by atoms with Crippen molar-refractivity contribution in [2.75, 3.05) is 5.32 Å². The standard InChI is InChI=1S/C14H12INO3/c15-12-5-4-10(7-13(12)18)14(19)16-11-3-1-2-9(6-11)8-17/h1-7,17-18H,8H2,(H,16,19). The summed E-state index contributed by atoms with van der Waals surface area (Å²) in [6, 6.07) is 11.7. The maximum atomic E-state index is 12.0. The Bertz CT molecular complexity index is 613. The van der Waals surface area contributed by atoms with Gasteiger partial charge in [0.2, 0.25) is 0 Å². The van der Waals surface area contributed by atoms with E-state index in [4.69, 9.17) is 5.11 Å². The number of rotatable bonds is 3. The molecule has 0 radical (unpaired) electrons. The average Bonchev–Trinajstić information content (AvgIpc) is 2.42. The Morgan fingerprint density at radius 2 is 2.00 bits per heavy atom. The van der Waals surface area contributed by atoms with Crippen LogP contribution in [0.25, 0.3) is 0 Å². The molecule has 0 unspecified atom stereocenters. The number of amides is 1. The summed E-state index contributed by atoms with van der Waals surface area (Å²) in [5.41, 5.74) is 1.71. The highest BCUT2D eigenvalue weighted by atomic mass is 127. The van der Waals surface area contributed by atoms with Gasteiger partial charge in [0.25, 0.3) is 5.91 Å². The summed E-state index contributed by atoms with van der Waals surface area (Å²) < 4.78 is 0.691. The third-order valence-corrected chi connectivity index (χ3v) is 3.49. The van der Waals surface area contributed by atoms with Gasteiger partial charge in [-0.3, -0.25) is 4.79 Å². The Morgan fingerprint density at radius 3 is 2.68 bits per heavy atom. The minimum Gasteiger partial charge on any atom is -0.507 e. The number of nitrogens with one attached hydrogen (secondary N) is 1. The monoisotopic (exact) mass is 369 g/mol. The van der Waals surface area contributed by atoms with Gasteiger partial charge in [0.1, 0.15) is 5.75 Å². The molecule has 4 nitrogen and oxygen atoms in total. The molecule has 2 aromatic rings. The van der Waals surface area contributed by atoms with Gasteiger partial charge >= 0.3 is 0 Å². The molecule has 5 heteroatoms. The lowest BCUT2D eigenvalue weighted by atomic mass is 10.1. The number of hydrogen-bond donors (Lipinski definition) is 3. The number of carbonyl (C=O) groups is 1. The van der Waals surface area contributed by atoms with Gasteiger partial charge in [-0.1, -0.05) is 12.1 Å². The van der Waals surface area contributed by atoms with Crippen LogP contribution in [0.3, 0.4) is 0 Å². The first kappa shape index (κ1) is 13.8. The largest absolute Gasteiger partial charge is 0.507 e. The summed E-state index contributed by atoms with van der Waals surface area (Å²) in [6.45, 7) is -0.0754. The van der Waals surface area contributed by atoms with Crippen molar-refractivity contribution < 1.29 is 15.0 Å². The molecule has 98 valence electrons. The van der Waals surface area contributed by atoms with Crippen LogP contribution in [0.5, 0.6) is 5.75 Å². The molecule has 0 bridgehead atoms. The average molecular weight is 369 g/mol. The summed E-state index contributed by atoms with van der Waals surface area (Å²) in [4.78, 5) is 12.0. The molecule has 2 rings (SSSR count). The van der Waals surface area contributed by atoms with Crippen molar-refractivity contribution in [3.05, 3.63) is 57.2 Å². The molecule has 0 aromatic heterocycles. The van der Waals surface area contributed by atoms with Crippen LogP contribution in [0.1, 0.15) is 15.9 Å². The molecular weight excluding hydrogens is 357 g/mol. The van der Waals surface area contributed by atoms with E-state index < -0.39 is 0 Å². The van der Waals surface area contributed by atoms with Gasteiger partial charge in [0.05, 0.1) is 10.2 Å². The number of aliphatic hydroxyl groups excluding tert-OH is 1. The van der Waals surface area contributed by atoms with E-state index in [9.17, 15) is 9.90 Å². The van der Waals surface area contributed by atoms with Crippen molar-refractivity contribution in [2.24, 2.45) is 0 Å². The van der Waals surface area contributed by atoms with Gasteiger partial charge in [-0.15, -0.1) is 0 Å². The maximum absolute atomic E-state index is 12.0. The van der Waals surface area contributed by atoms with Gasteiger partial charge in [-0.25, -0.2) is 0 Å². The summed E-state index contributed by atoms with van der Waals surface area (Å²) in [5, 5.41) is 21.3. The van der Waals surface area contributed by atoms with E-state index in [2.05, 4.69) is 5.32 Å². The number of benzene rings is 2. The SMILES string of the molecule is O=C(Nc1cccc(CO)c1)c1ccc(I)c(O)c1. The molecule has 0 spiro atoms. The first-order valence-corrected chi connectivity index (χ1v) is 6.67. The number of anilines is 1. The first-order valence-electron chi connectivity index (χ1n) is 5.60. The molecule has 0 atom stereocenters.